The zero-order valence-electron chi connectivity index (χ0n) is 12.0. The number of hydrogen-bond donors (Lipinski definition) is 0. The maximum absolute atomic E-state index is 12.0. The van der Waals surface area contributed by atoms with Crippen molar-refractivity contribution in [1.82, 2.24) is 4.90 Å². The van der Waals surface area contributed by atoms with Gasteiger partial charge in [0.2, 0.25) is 0 Å². The standard InChI is InChI=1S/C14H27NO2/c1-6-7-12-8-9-15(11(2)10-12)13(16)17-14(3,4)5/h11-12H,6-10H2,1-5H3. The van der Waals surface area contributed by atoms with Gasteiger partial charge in [-0.1, -0.05) is 19.8 Å². The highest BCUT2D eigenvalue weighted by Gasteiger charge is 2.31. The van der Waals surface area contributed by atoms with Crippen molar-refractivity contribution in [3.05, 3.63) is 0 Å². The van der Waals surface area contributed by atoms with E-state index in [1.54, 1.807) is 0 Å². The van der Waals surface area contributed by atoms with Crippen LogP contribution in [-0.4, -0.2) is 29.2 Å². The van der Waals surface area contributed by atoms with Gasteiger partial charge in [-0.15, -0.1) is 0 Å². The fraction of sp³-hybridized carbons (Fsp3) is 0.929. The van der Waals surface area contributed by atoms with E-state index in [4.69, 9.17) is 4.74 Å². The second-order valence-corrected chi connectivity index (χ2v) is 6.20. The molecule has 1 amide bonds. The first kappa shape index (κ1) is 14.3. The lowest BCUT2D eigenvalue weighted by Crippen LogP contribution is -2.46. The van der Waals surface area contributed by atoms with Crippen LogP contribution in [0, 0.1) is 5.92 Å². The Morgan fingerprint density at radius 2 is 2.06 bits per heavy atom. The molecule has 0 aromatic heterocycles. The van der Waals surface area contributed by atoms with Crippen LogP contribution in [0.2, 0.25) is 0 Å². The highest BCUT2D eigenvalue weighted by Crippen LogP contribution is 2.27. The zero-order chi connectivity index (χ0) is 13.1. The summed E-state index contributed by atoms with van der Waals surface area (Å²) >= 11 is 0. The molecule has 2 atom stereocenters. The average molecular weight is 241 g/mol. The van der Waals surface area contributed by atoms with Crippen molar-refractivity contribution in [2.45, 2.75) is 71.9 Å². The predicted molar refractivity (Wildman–Crippen MR) is 70.0 cm³/mol. The van der Waals surface area contributed by atoms with Crippen LogP contribution in [0.1, 0.15) is 60.3 Å². The Morgan fingerprint density at radius 3 is 2.53 bits per heavy atom. The Balaban J connectivity index is 2.49. The first-order chi connectivity index (χ1) is 7.83. The Morgan fingerprint density at radius 1 is 1.41 bits per heavy atom. The molecule has 3 heteroatoms. The van der Waals surface area contributed by atoms with Gasteiger partial charge < -0.3 is 9.64 Å². The molecule has 0 spiro atoms. The minimum Gasteiger partial charge on any atom is -0.444 e. The second-order valence-electron chi connectivity index (χ2n) is 6.20. The first-order valence-electron chi connectivity index (χ1n) is 6.83. The third-order valence-electron chi connectivity index (χ3n) is 3.31. The number of likely N-dealkylation sites (tertiary alicyclic amines) is 1. The van der Waals surface area contributed by atoms with Crippen molar-refractivity contribution < 1.29 is 9.53 Å². The lowest BCUT2D eigenvalue weighted by Gasteiger charge is -2.38. The van der Waals surface area contributed by atoms with Gasteiger partial charge in [0.25, 0.3) is 0 Å². The summed E-state index contributed by atoms with van der Waals surface area (Å²) in [4.78, 5) is 13.9. The SMILES string of the molecule is CCCC1CCN(C(=O)OC(C)(C)C)C(C)C1. The molecule has 3 nitrogen and oxygen atoms in total. The number of ether oxygens (including phenoxy) is 1. The van der Waals surface area contributed by atoms with E-state index in [2.05, 4.69) is 13.8 Å². The summed E-state index contributed by atoms with van der Waals surface area (Å²) in [6.07, 6.45) is 4.61. The zero-order valence-corrected chi connectivity index (χ0v) is 12.0. The molecule has 1 aliphatic heterocycles. The molecule has 0 aromatic carbocycles. The van der Waals surface area contributed by atoms with Crippen LogP contribution in [0.5, 0.6) is 0 Å². The van der Waals surface area contributed by atoms with Gasteiger partial charge in [0.1, 0.15) is 5.60 Å². The average Bonchev–Trinajstić information content (AvgIpc) is 2.15. The molecule has 1 saturated heterocycles. The Labute approximate surface area is 106 Å². The fourth-order valence-electron chi connectivity index (χ4n) is 2.53. The van der Waals surface area contributed by atoms with Gasteiger partial charge in [0.05, 0.1) is 0 Å². The Bertz CT molecular complexity index is 257. The summed E-state index contributed by atoms with van der Waals surface area (Å²) in [5, 5.41) is 0. The Kier molecular flexibility index (Phi) is 4.84. The summed E-state index contributed by atoms with van der Waals surface area (Å²) in [6.45, 7) is 11.0. The molecule has 0 saturated carbocycles. The second kappa shape index (κ2) is 5.74. The molecule has 2 unspecified atom stereocenters. The number of carbonyl (C=O) groups excluding carboxylic acids is 1. The molecular formula is C14H27NO2. The number of amides is 1. The van der Waals surface area contributed by atoms with Crippen molar-refractivity contribution in [3.8, 4) is 0 Å². The molecule has 0 aromatic rings. The van der Waals surface area contributed by atoms with Crippen molar-refractivity contribution >= 4 is 6.09 Å². The first-order valence-corrected chi connectivity index (χ1v) is 6.83. The predicted octanol–water partition coefficient (Wildman–Crippen LogP) is 3.82. The molecule has 100 valence electrons. The largest absolute Gasteiger partial charge is 0.444 e. The molecule has 1 heterocycles. The van der Waals surface area contributed by atoms with Crippen LogP contribution < -0.4 is 0 Å². The molecule has 17 heavy (non-hydrogen) atoms. The van der Waals surface area contributed by atoms with Crippen molar-refractivity contribution in [2.24, 2.45) is 5.92 Å². The molecule has 0 N–H and O–H groups in total. The number of hydrogen-bond acceptors (Lipinski definition) is 2. The molecule has 0 radical (unpaired) electrons. The molecule has 1 aliphatic rings. The minimum atomic E-state index is -0.392. The lowest BCUT2D eigenvalue weighted by molar-refractivity contribution is 0.00671. The van der Waals surface area contributed by atoms with E-state index in [9.17, 15) is 4.79 Å². The van der Waals surface area contributed by atoms with Gasteiger partial charge in [-0.25, -0.2) is 4.79 Å². The third kappa shape index (κ3) is 4.57. The van der Waals surface area contributed by atoms with Crippen LogP contribution in [0.4, 0.5) is 4.79 Å². The summed E-state index contributed by atoms with van der Waals surface area (Å²) in [5.41, 5.74) is -0.392. The third-order valence-corrected chi connectivity index (χ3v) is 3.31. The van der Waals surface area contributed by atoms with Crippen LogP contribution >= 0.6 is 0 Å². The number of piperidine rings is 1. The highest BCUT2D eigenvalue weighted by molar-refractivity contribution is 5.68. The van der Waals surface area contributed by atoms with Crippen LogP contribution in [0.25, 0.3) is 0 Å². The minimum absolute atomic E-state index is 0.153. The summed E-state index contributed by atoms with van der Waals surface area (Å²) in [7, 11) is 0. The fourth-order valence-corrected chi connectivity index (χ4v) is 2.53. The molecule has 1 fully saturated rings. The van der Waals surface area contributed by atoms with E-state index in [-0.39, 0.29) is 6.09 Å². The maximum Gasteiger partial charge on any atom is 0.410 e. The Hall–Kier alpha value is -0.730. The van der Waals surface area contributed by atoms with Gasteiger partial charge in [-0.05, 0) is 46.5 Å². The van der Waals surface area contributed by atoms with Crippen molar-refractivity contribution in [1.29, 1.82) is 0 Å². The van der Waals surface area contributed by atoms with E-state index >= 15 is 0 Å². The maximum atomic E-state index is 12.0. The normalized spacial score (nSPS) is 25.8. The quantitative estimate of drug-likeness (QED) is 0.735. The van der Waals surface area contributed by atoms with E-state index < -0.39 is 5.60 Å². The molecule has 0 bridgehead atoms. The van der Waals surface area contributed by atoms with Crippen molar-refractivity contribution in [3.63, 3.8) is 0 Å². The van der Waals surface area contributed by atoms with E-state index in [1.807, 2.05) is 25.7 Å². The van der Waals surface area contributed by atoms with Crippen LogP contribution in [0.3, 0.4) is 0 Å². The van der Waals surface area contributed by atoms with Gasteiger partial charge in [-0.2, -0.15) is 0 Å². The number of nitrogens with zero attached hydrogens (tertiary/aromatic N) is 1. The van der Waals surface area contributed by atoms with E-state index in [0.717, 1.165) is 25.3 Å². The summed E-state index contributed by atoms with van der Waals surface area (Å²) in [5.74, 6) is 0.786. The van der Waals surface area contributed by atoms with Gasteiger partial charge in [0.15, 0.2) is 0 Å². The summed E-state index contributed by atoms with van der Waals surface area (Å²) in [6, 6.07) is 0.315. The molecule has 0 aliphatic carbocycles. The summed E-state index contributed by atoms with van der Waals surface area (Å²) < 4.78 is 5.43. The van der Waals surface area contributed by atoms with E-state index in [1.165, 1.54) is 12.8 Å². The van der Waals surface area contributed by atoms with Gasteiger partial charge in [0, 0.05) is 12.6 Å². The lowest BCUT2D eigenvalue weighted by atomic mass is 9.88. The molecular weight excluding hydrogens is 214 g/mol. The monoisotopic (exact) mass is 241 g/mol. The van der Waals surface area contributed by atoms with Gasteiger partial charge >= 0.3 is 6.09 Å². The van der Waals surface area contributed by atoms with Crippen LogP contribution in [-0.2, 0) is 4.74 Å². The van der Waals surface area contributed by atoms with Gasteiger partial charge in [-0.3, -0.25) is 0 Å². The topological polar surface area (TPSA) is 29.5 Å². The van der Waals surface area contributed by atoms with E-state index in [0.29, 0.717) is 6.04 Å². The van der Waals surface area contributed by atoms with Crippen LogP contribution in [0.15, 0.2) is 0 Å². The number of rotatable bonds is 2. The highest BCUT2D eigenvalue weighted by atomic mass is 16.6. The molecule has 1 rings (SSSR count). The van der Waals surface area contributed by atoms with Crippen molar-refractivity contribution in [2.75, 3.05) is 6.54 Å². The smallest absolute Gasteiger partial charge is 0.410 e. The number of carbonyl (C=O) groups is 1.